The molecule has 0 fully saturated rings. The van der Waals surface area contributed by atoms with Crippen LogP contribution in [0.3, 0.4) is 0 Å². The number of unbranched alkanes of at least 4 members (excludes halogenated alkanes) is 1. The fourth-order valence-corrected chi connectivity index (χ4v) is 5.80. The Balaban J connectivity index is 1.54. The van der Waals surface area contributed by atoms with E-state index in [9.17, 15) is 14.4 Å². The summed E-state index contributed by atoms with van der Waals surface area (Å²) < 4.78 is 17.8. The number of esters is 1. The Hall–Kier alpha value is -4.89. The third-order valence-corrected chi connectivity index (χ3v) is 8.16. The lowest BCUT2D eigenvalue weighted by Gasteiger charge is -2.22. The van der Waals surface area contributed by atoms with Gasteiger partial charge < -0.3 is 30.6 Å². The summed E-state index contributed by atoms with van der Waals surface area (Å²) in [5.74, 6) is 0.137. The molecular weight excluding hydrogens is 582 g/mol. The maximum Gasteiger partial charge on any atom is 0.328 e. The Morgan fingerprint density at radius 3 is 2.15 bits per heavy atom. The summed E-state index contributed by atoms with van der Waals surface area (Å²) in [4.78, 5) is 38.9. The molecular formula is C37H42N3O6+. The van der Waals surface area contributed by atoms with Crippen LogP contribution in [0.15, 0.2) is 84.9 Å². The molecule has 0 saturated carbocycles. The van der Waals surface area contributed by atoms with Gasteiger partial charge in [0.2, 0.25) is 11.8 Å². The van der Waals surface area contributed by atoms with Gasteiger partial charge >= 0.3 is 5.97 Å². The summed E-state index contributed by atoms with van der Waals surface area (Å²) in [6.45, 7) is 1.26. The third-order valence-electron chi connectivity index (χ3n) is 8.16. The lowest BCUT2D eigenvalue weighted by Crippen LogP contribution is -2.52. The summed E-state index contributed by atoms with van der Waals surface area (Å²) in [5, 5.41) is 9.84. The van der Waals surface area contributed by atoms with Gasteiger partial charge in [0.25, 0.3) is 0 Å². The number of benzene rings is 4. The van der Waals surface area contributed by atoms with Gasteiger partial charge in [-0.15, -0.1) is 0 Å². The molecule has 4 aromatic carbocycles. The first-order chi connectivity index (χ1) is 22.5. The van der Waals surface area contributed by atoms with E-state index < -0.39 is 24.0 Å². The first-order valence-corrected chi connectivity index (χ1v) is 15.9. The number of methoxy groups -OCH3 is 1. The molecule has 0 aliphatic carbocycles. The van der Waals surface area contributed by atoms with E-state index in [0.717, 1.165) is 45.6 Å². The molecule has 2 amide bonds. The van der Waals surface area contributed by atoms with E-state index in [4.69, 9.17) is 14.2 Å². The number of amides is 2. The Morgan fingerprint density at radius 1 is 0.848 bits per heavy atom. The van der Waals surface area contributed by atoms with Crippen LogP contribution in [0.5, 0.6) is 11.5 Å². The van der Waals surface area contributed by atoms with Crippen molar-refractivity contribution in [1.29, 1.82) is 0 Å². The second-order valence-corrected chi connectivity index (χ2v) is 11.3. The summed E-state index contributed by atoms with van der Waals surface area (Å²) in [6.07, 6.45) is 6.41. The monoisotopic (exact) mass is 624 g/mol. The van der Waals surface area contributed by atoms with Gasteiger partial charge in [0.05, 0.1) is 20.3 Å². The van der Waals surface area contributed by atoms with Gasteiger partial charge in [-0.05, 0) is 65.8 Å². The molecule has 0 unspecified atom stereocenters. The molecule has 0 spiro atoms. The average Bonchev–Trinajstić information content (AvgIpc) is 3.08. The zero-order chi connectivity index (χ0) is 32.3. The van der Waals surface area contributed by atoms with Crippen molar-refractivity contribution in [3.8, 4) is 22.6 Å². The van der Waals surface area contributed by atoms with E-state index in [1.54, 1.807) is 6.08 Å². The average molecular weight is 625 g/mol. The topological polar surface area (TPSA) is 131 Å². The molecule has 1 aliphatic rings. The number of carbonyl (C=O) groups excluding carboxylic acids is 3. The molecule has 0 bridgehead atoms. The third kappa shape index (κ3) is 7.84. The van der Waals surface area contributed by atoms with E-state index in [1.165, 1.54) is 7.11 Å². The first kappa shape index (κ1) is 32.5. The molecule has 1 aliphatic heterocycles. The van der Waals surface area contributed by atoms with Crippen LogP contribution in [0.4, 0.5) is 0 Å². The lowest BCUT2D eigenvalue weighted by molar-refractivity contribution is -0.368. The number of fused-ring (bicyclic) bond motifs is 7. The molecule has 240 valence electrons. The molecule has 1 heterocycles. The Morgan fingerprint density at radius 2 is 1.50 bits per heavy atom. The highest BCUT2D eigenvalue weighted by molar-refractivity contribution is 6.09. The van der Waals surface area contributed by atoms with Crippen molar-refractivity contribution < 1.29 is 34.3 Å². The highest BCUT2D eigenvalue weighted by Gasteiger charge is 2.27. The zero-order valence-corrected chi connectivity index (χ0v) is 26.3. The van der Waals surface area contributed by atoms with Crippen LogP contribution in [-0.4, -0.2) is 56.7 Å². The second-order valence-electron chi connectivity index (χ2n) is 11.3. The van der Waals surface area contributed by atoms with Gasteiger partial charge in [0, 0.05) is 17.5 Å². The van der Waals surface area contributed by atoms with Crippen LogP contribution < -0.4 is 25.8 Å². The second kappa shape index (κ2) is 15.9. The number of quaternary nitrogens is 1. The quantitative estimate of drug-likeness (QED) is 0.168. The van der Waals surface area contributed by atoms with Crippen molar-refractivity contribution in [2.24, 2.45) is 0 Å². The van der Waals surface area contributed by atoms with Crippen molar-refractivity contribution >= 4 is 39.3 Å². The normalized spacial score (nSPS) is 18.7. The first-order valence-electron chi connectivity index (χ1n) is 15.9. The maximum absolute atomic E-state index is 13.3. The number of hydrogen-bond acceptors (Lipinski definition) is 6. The van der Waals surface area contributed by atoms with Crippen LogP contribution in [-0.2, 0) is 19.1 Å². The van der Waals surface area contributed by atoms with Crippen LogP contribution in [0.1, 0.15) is 38.5 Å². The molecule has 9 heteroatoms. The van der Waals surface area contributed by atoms with E-state index in [0.29, 0.717) is 37.4 Å². The number of hydrogen-bond donors (Lipinski definition) is 3. The van der Waals surface area contributed by atoms with Crippen LogP contribution in [0.2, 0.25) is 0 Å². The molecule has 5 N–H and O–H groups in total. The van der Waals surface area contributed by atoms with E-state index >= 15 is 0 Å². The minimum Gasteiger partial charge on any atom is -0.493 e. The minimum atomic E-state index is -0.911. The highest BCUT2D eigenvalue weighted by Crippen LogP contribution is 2.45. The number of ether oxygens (including phenoxy) is 3. The number of rotatable bonds is 5. The van der Waals surface area contributed by atoms with Gasteiger partial charge in [-0.3, -0.25) is 9.59 Å². The molecule has 0 radical (unpaired) electrons. The van der Waals surface area contributed by atoms with Gasteiger partial charge in [0.15, 0.2) is 0 Å². The van der Waals surface area contributed by atoms with Crippen molar-refractivity contribution in [1.82, 2.24) is 10.6 Å². The maximum atomic E-state index is 13.3. The Bertz CT molecular complexity index is 1720. The fraction of sp³-hybridized carbons (Fsp3) is 0.324. The van der Waals surface area contributed by atoms with Crippen molar-refractivity contribution in [3.63, 3.8) is 0 Å². The summed E-state index contributed by atoms with van der Waals surface area (Å²) in [7, 11) is 1.29. The molecule has 0 aromatic heterocycles. The summed E-state index contributed by atoms with van der Waals surface area (Å²) in [5.41, 5.74) is 5.70. The number of nitrogens with one attached hydrogen (secondary N) is 2. The Kier molecular flexibility index (Phi) is 11.2. The van der Waals surface area contributed by atoms with Crippen LogP contribution >= 0.6 is 0 Å². The summed E-state index contributed by atoms with van der Waals surface area (Å²) in [6, 6.07) is 22.7. The predicted octanol–water partition coefficient (Wildman–Crippen LogP) is 4.71. The molecule has 2 atom stereocenters. The zero-order valence-electron chi connectivity index (χ0n) is 26.3. The molecule has 46 heavy (non-hydrogen) atoms. The van der Waals surface area contributed by atoms with Crippen molar-refractivity contribution in [3.05, 3.63) is 84.9 Å². The van der Waals surface area contributed by atoms with Crippen molar-refractivity contribution in [2.45, 2.75) is 50.6 Å². The van der Waals surface area contributed by atoms with Gasteiger partial charge in [-0.2, -0.15) is 0 Å². The predicted molar refractivity (Wildman–Crippen MR) is 178 cm³/mol. The molecule has 9 nitrogen and oxygen atoms in total. The highest BCUT2D eigenvalue weighted by atomic mass is 16.5. The summed E-state index contributed by atoms with van der Waals surface area (Å²) >= 11 is 0. The minimum absolute atomic E-state index is 0.174. The number of carbonyl (C=O) groups is 3. The molecule has 0 saturated heterocycles. The van der Waals surface area contributed by atoms with Gasteiger partial charge in [-0.25, -0.2) is 4.79 Å². The lowest BCUT2D eigenvalue weighted by atomic mass is 9.92. The Labute approximate surface area is 269 Å². The van der Waals surface area contributed by atoms with Gasteiger partial charge in [-0.1, -0.05) is 72.8 Å². The SMILES string of the molecule is COC(=O)[C@@H]1C/C=C/COc2ccc3ccccc3c2-c2c(ccc3ccccc23)OCCCC(=O)N[C@H](CCCC[NH3+])C(=O)N1. The molecule has 5 rings (SSSR count). The molecule has 4 aromatic rings. The van der Waals surface area contributed by atoms with Gasteiger partial charge in [0.1, 0.15) is 30.2 Å². The van der Waals surface area contributed by atoms with E-state index in [2.05, 4.69) is 40.6 Å². The van der Waals surface area contributed by atoms with E-state index in [1.807, 2.05) is 54.6 Å². The smallest absolute Gasteiger partial charge is 0.328 e. The fourth-order valence-electron chi connectivity index (χ4n) is 5.80. The largest absolute Gasteiger partial charge is 0.493 e. The standard InChI is InChI=1S/C37H41N3O6/c1-44-37(43)30-16-7-9-23-45-31-20-18-25-11-2-4-13-27(25)34(31)35-28-14-5-3-12-26(28)19-21-32(35)46-24-10-17-33(41)39-29(36(42)40-30)15-6-8-22-38/h2-5,7,9,11-14,18-21,29-30H,6,8,10,15-17,22-24,38H2,1H3,(H,39,41)(H,40,42)/p+1/b9-7+/t29-,30+/m1/s1. The van der Waals surface area contributed by atoms with Crippen LogP contribution in [0, 0.1) is 0 Å². The van der Waals surface area contributed by atoms with Crippen molar-refractivity contribution in [2.75, 3.05) is 26.9 Å². The van der Waals surface area contributed by atoms with E-state index in [-0.39, 0.29) is 25.4 Å². The van der Waals surface area contributed by atoms with Crippen LogP contribution in [0.25, 0.3) is 32.7 Å².